The summed E-state index contributed by atoms with van der Waals surface area (Å²) < 4.78 is 16.5. The van der Waals surface area contributed by atoms with Crippen molar-refractivity contribution in [3.63, 3.8) is 0 Å². The molecule has 0 unspecified atom stereocenters. The van der Waals surface area contributed by atoms with E-state index in [0.717, 1.165) is 18.4 Å². The number of hydrogen-bond donors (Lipinski definition) is 0. The second-order valence-electron chi connectivity index (χ2n) is 8.60. The van der Waals surface area contributed by atoms with Crippen LogP contribution in [0, 0.1) is 0 Å². The van der Waals surface area contributed by atoms with Crippen LogP contribution in [-0.4, -0.2) is 74.7 Å². The third kappa shape index (κ3) is 10.9. The van der Waals surface area contributed by atoms with Crippen LogP contribution >= 0.6 is 0 Å². The van der Waals surface area contributed by atoms with Crippen LogP contribution in [0.5, 0.6) is 11.5 Å². The molecule has 0 spiro atoms. The molecule has 1 aromatic carbocycles. The second kappa shape index (κ2) is 13.0. The summed E-state index contributed by atoms with van der Waals surface area (Å²) in [5, 5.41) is 0. The molecular weight excluding hydrogens is 396 g/mol. The maximum absolute atomic E-state index is 12.8. The van der Waals surface area contributed by atoms with Crippen molar-refractivity contribution in [2.75, 3.05) is 47.4 Å². The van der Waals surface area contributed by atoms with Crippen LogP contribution in [0.3, 0.4) is 0 Å². The summed E-state index contributed by atoms with van der Waals surface area (Å²) in [5.74, 6) is 0.610. The van der Waals surface area contributed by atoms with Crippen molar-refractivity contribution in [3.8, 4) is 11.5 Å². The van der Waals surface area contributed by atoms with Crippen molar-refractivity contribution in [1.29, 1.82) is 0 Å². The quantitative estimate of drug-likeness (QED) is 0.284. The van der Waals surface area contributed by atoms with Crippen LogP contribution in [-0.2, 0) is 14.3 Å². The van der Waals surface area contributed by atoms with Crippen LogP contribution in [0.25, 0.3) is 6.08 Å². The van der Waals surface area contributed by atoms with E-state index in [4.69, 9.17) is 14.2 Å². The number of carbonyl (C=O) groups is 2. The van der Waals surface area contributed by atoms with Gasteiger partial charge in [-0.25, -0.2) is 0 Å². The molecule has 0 atom stereocenters. The Hall–Kier alpha value is -2.54. The number of likely N-dealkylation sites (N-methyl/N-ethyl adjacent to an activating group) is 1. The number of esters is 1. The SMILES string of the molecule is CCCCOc1ccc(/C=C/C(=O)N(CCN(C)C)CC(=O)OC(C)(C)C)cc1OC. The van der Waals surface area contributed by atoms with Gasteiger partial charge in [-0.1, -0.05) is 19.4 Å². The molecule has 0 aliphatic rings. The Kier molecular flexibility index (Phi) is 11.1. The average Bonchev–Trinajstić information content (AvgIpc) is 2.68. The van der Waals surface area contributed by atoms with Gasteiger partial charge in [0.05, 0.1) is 13.7 Å². The highest BCUT2D eigenvalue weighted by Gasteiger charge is 2.21. The van der Waals surface area contributed by atoms with E-state index < -0.39 is 11.6 Å². The predicted molar refractivity (Wildman–Crippen MR) is 123 cm³/mol. The van der Waals surface area contributed by atoms with Gasteiger partial charge < -0.3 is 24.0 Å². The van der Waals surface area contributed by atoms with Crippen molar-refractivity contribution < 1.29 is 23.8 Å². The summed E-state index contributed by atoms with van der Waals surface area (Å²) >= 11 is 0. The molecule has 7 nitrogen and oxygen atoms in total. The van der Waals surface area contributed by atoms with E-state index in [-0.39, 0.29) is 12.5 Å². The lowest BCUT2D eigenvalue weighted by Crippen LogP contribution is -2.41. The molecule has 0 bridgehead atoms. The Bertz CT molecular complexity index is 738. The molecule has 0 aliphatic carbocycles. The molecule has 1 aromatic rings. The fraction of sp³-hybridized carbons (Fsp3) is 0.583. The van der Waals surface area contributed by atoms with Crippen LogP contribution in [0.2, 0.25) is 0 Å². The van der Waals surface area contributed by atoms with Crippen LogP contribution in [0.15, 0.2) is 24.3 Å². The Morgan fingerprint density at radius 3 is 2.39 bits per heavy atom. The van der Waals surface area contributed by atoms with Gasteiger partial charge in [-0.2, -0.15) is 0 Å². The van der Waals surface area contributed by atoms with Crippen LogP contribution < -0.4 is 9.47 Å². The molecule has 0 saturated carbocycles. The molecule has 0 radical (unpaired) electrons. The normalized spacial score (nSPS) is 11.6. The van der Waals surface area contributed by atoms with E-state index in [1.807, 2.05) is 37.2 Å². The Morgan fingerprint density at radius 1 is 1.10 bits per heavy atom. The highest BCUT2D eigenvalue weighted by molar-refractivity contribution is 5.93. The minimum atomic E-state index is -0.597. The minimum absolute atomic E-state index is 0.0954. The van der Waals surface area contributed by atoms with Gasteiger partial charge >= 0.3 is 5.97 Å². The first-order valence-corrected chi connectivity index (χ1v) is 10.7. The van der Waals surface area contributed by atoms with Gasteiger partial charge in [0, 0.05) is 19.2 Å². The van der Waals surface area contributed by atoms with Crippen LogP contribution in [0.1, 0.15) is 46.1 Å². The number of carbonyl (C=O) groups excluding carboxylic acids is 2. The first kappa shape index (κ1) is 26.5. The summed E-state index contributed by atoms with van der Waals surface area (Å²) in [6.45, 7) is 9.12. The first-order valence-electron chi connectivity index (χ1n) is 10.7. The zero-order valence-corrected chi connectivity index (χ0v) is 20.1. The summed E-state index contributed by atoms with van der Waals surface area (Å²) in [6, 6.07) is 5.53. The Balaban J connectivity index is 2.88. The van der Waals surface area contributed by atoms with Crippen molar-refractivity contribution in [2.45, 2.75) is 46.1 Å². The molecule has 0 aromatic heterocycles. The molecule has 0 N–H and O–H groups in total. The summed E-state index contributed by atoms with van der Waals surface area (Å²) in [5.41, 5.74) is 0.207. The Labute approximate surface area is 186 Å². The molecule has 31 heavy (non-hydrogen) atoms. The number of ether oxygens (including phenoxy) is 3. The van der Waals surface area contributed by atoms with Gasteiger partial charge in [0.15, 0.2) is 11.5 Å². The third-order valence-electron chi connectivity index (χ3n) is 4.23. The third-order valence-corrected chi connectivity index (χ3v) is 4.23. The number of amides is 1. The van der Waals surface area contributed by atoms with E-state index in [2.05, 4.69) is 6.92 Å². The standard InChI is InChI=1S/C24H38N2O5/c1-8-9-16-30-20-12-10-19(17-21(20)29-7)11-13-22(27)26(15-14-25(5)6)18-23(28)31-24(2,3)4/h10-13,17H,8-9,14-16,18H2,1-7H3/b13-11+. The molecule has 7 heteroatoms. The topological polar surface area (TPSA) is 68.3 Å². The average molecular weight is 435 g/mol. The van der Waals surface area contributed by atoms with Gasteiger partial charge in [0.1, 0.15) is 12.1 Å². The largest absolute Gasteiger partial charge is 0.493 e. The Morgan fingerprint density at radius 2 is 1.81 bits per heavy atom. The molecule has 0 heterocycles. The molecule has 174 valence electrons. The number of methoxy groups -OCH3 is 1. The van der Waals surface area contributed by atoms with E-state index in [0.29, 0.717) is 31.2 Å². The van der Waals surface area contributed by atoms with Gasteiger partial charge in [-0.15, -0.1) is 0 Å². The highest BCUT2D eigenvalue weighted by atomic mass is 16.6. The summed E-state index contributed by atoms with van der Waals surface area (Å²) in [6.07, 6.45) is 5.20. The summed E-state index contributed by atoms with van der Waals surface area (Å²) in [4.78, 5) is 28.5. The minimum Gasteiger partial charge on any atom is -0.493 e. The fourth-order valence-corrected chi connectivity index (χ4v) is 2.62. The van der Waals surface area contributed by atoms with Crippen LogP contribution in [0.4, 0.5) is 0 Å². The first-order chi connectivity index (χ1) is 14.6. The smallest absolute Gasteiger partial charge is 0.326 e. The van der Waals surface area contributed by atoms with Gasteiger partial charge in [0.25, 0.3) is 0 Å². The van der Waals surface area contributed by atoms with Crippen molar-refractivity contribution in [3.05, 3.63) is 29.8 Å². The zero-order valence-electron chi connectivity index (χ0n) is 20.1. The summed E-state index contributed by atoms with van der Waals surface area (Å²) in [7, 11) is 5.43. The van der Waals surface area contributed by atoms with Gasteiger partial charge in [-0.05, 0) is 65.1 Å². The molecule has 1 amide bonds. The molecule has 0 aliphatic heterocycles. The van der Waals surface area contributed by atoms with E-state index in [9.17, 15) is 9.59 Å². The van der Waals surface area contributed by atoms with E-state index >= 15 is 0 Å². The maximum Gasteiger partial charge on any atom is 0.326 e. The number of benzene rings is 1. The zero-order chi connectivity index (χ0) is 23.4. The maximum atomic E-state index is 12.8. The number of nitrogens with zero attached hydrogens (tertiary/aromatic N) is 2. The monoisotopic (exact) mass is 434 g/mol. The lowest BCUT2D eigenvalue weighted by molar-refractivity contribution is -0.158. The lowest BCUT2D eigenvalue weighted by atomic mass is 10.2. The van der Waals surface area contributed by atoms with Gasteiger partial charge in [-0.3, -0.25) is 9.59 Å². The highest BCUT2D eigenvalue weighted by Crippen LogP contribution is 2.28. The van der Waals surface area contributed by atoms with Crippen molar-refractivity contribution in [1.82, 2.24) is 9.80 Å². The fourth-order valence-electron chi connectivity index (χ4n) is 2.62. The number of hydrogen-bond acceptors (Lipinski definition) is 6. The molecule has 0 saturated heterocycles. The van der Waals surface area contributed by atoms with Crippen molar-refractivity contribution >= 4 is 18.0 Å². The molecule has 0 fully saturated rings. The van der Waals surface area contributed by atoms with Gasteiger partial charge in [0.2, 0.25) is 5.91 Å². The van der Waals surface area contributed by atoms with E-state index in [1.165, 1.54) is 11.0 Å². The van der Waals surface area contributed by atoms with E-state index in [1.54, 1.807) is 34.0 Å². The molecular formula is C24H38N2O5. The molecule has 1 rings (SSSR count). The predicted octanol–water partition coefficient (Wildman–Crippen LogP) is 3.62. The number of rotatable bonds is 12. The number of unbranched alkanes of at least 4 members (excludes halogenated alkanes) is 1. The second-order valence-corrected chi connectivity index (χ2v) is 8.60. The van der Waals surface area contributed by atoms with Crippen molar-refractivity contribution in [2.24, 2.45) is 0 Å². The lowest BCUT2D eigenvalue weighted by Gasteiger charge is -2.25.